The normalized spacial score (nSPS) is 12.3. The average Bonchev–Trinajstić information content (AvgIpc) is 2.19. The highest BCUT2D eigenvalue weighted by molar-refractivity contribution is 5.73. The molecule has 0 saturated carbocycles. The number of carbonyl (C=O) groups is 1. The zero-order valence-corrected chi connectivity index (χ0v) is 7.75. The van der Waals surface area contributed by atoms with Crippen molar-refractivity contribution in [2.24, 2.45) is 5.84 Å². The minimum atomic E-state index is -1.12. The molecular formula is C8H11N3O4. The van der Waals surface area contributed by atoms with Gasteiger partial charge in [0.1, 0.15) is 6.04 Å². The summed E-state index contributed by atoms with van der Waals surface area (Å²) in [6.45, 7) is 0.0136. The number of pyridine rings is 1. The summed E-state index contributed by atoms with van der Waals surface area (Å²) in [6.07, 6.45) is 2.52. The van der Waals surface area contributed by atoms with Crippen molar-refractivity contribution in [3.05, 3.63) is 28.7 Å². The molecule has 15 heavy (non-hydrogen) atoms. The molecule has 0 aromatic carbocycles. The molecule has 82 valence electrons. The average molecular weight is 213 g/mol. The van der Waals surface area contributed by atoms with E-state index >= 15 is 0 Å². The van der Waals surface area contributed by atoms with E-state index in [0.29, 0.717) is 0 Å². The van der Waals surface area contributed by atoms with Crippen LogP contribution < -0.4 is 16.7 Å². The standard InChI is InChI=1S/C8H11N3O4/c9-10-5(8(14)15)3-11-2-1-6(12)7(13)4-11/h1-2,4-5,10,13H,3,9H2,(H,14,15)/t5-/m0/s1. The molecular weight excluding hydrogens is 202 g/mol. The van der Waals surface area contributed by atoms with Crippen molar-refractivity contribution < 1.29 is 15.0 Å². The highest BCUT2D eigenvalue weighted by atomic mass is 16.4. The molecule has 0 amide bonds. The Morgan fingerprint density at radius 1 is 1.67 bits per heavy atom. The molecule has 0 spiro atoms. The van der Waals surface area contributed by atoms with Crippen LogP contribution in [-0.4, -0.2) is 26.8 Å². The SMILES string of the molecule is NN[C@@H](Cn1ccc(=O)c(O)c1)C(=O)O. The number of aromatic nitrogens is 1. The van der Waals surface area contributed by atoms with E-state index in [1.807, 2.05) is 0 Å². The van der Waals surface area contributed by atoms with Crippen LogP contribution in [0.15, 0.2) is 23.3 Å². The maximum absolute atomic E-state index is 10.8. The first kappa shape index (κ1) is 11.2. The maximum atomic E-state index is 10.8. The van der Waals surface area contributed by atoms with Gasteiger partial charge in [0.15, 0.2) is 5.75 Å². The topological polar surface area (TPSA) is 118 Å². The van der Waals surface area contributed by atoms with Gasteiger partial charge in [-0.1, -0.05) is 0 Å². The third-order valence-corrected chi connectivity index (χ3v) is 1.85. The fraction of sp³-hybridized carbons (Fsp3) is 0.250. The quantitative estimate of drug-likeness (QED) is 0.356. The van der Waals surface area contributed by atoms with Crippen LogP contribution in [0.4, 0.5) is 0 Å². The van der Waals surface area contributed by atoms with Gasteiger partial charge in [0.05, 0.1) is 0 Å². The third-order valence-electron chi connectivity index (χ3n) is 1.85. The molecule has 1 aromatic rings. The number of carboxylic acids is 1. The predicted octanol–water partition coefficient (Wildman–Crippen LogP) is -1.53. The number of carboxylic acid groups (broad SMARTS) is 1. The molecule has 0 aliphatic rings. The lowest BCUT2D eigenvalue weighted by Crippen LogP contribution is -2.44. The van der Waals surface area contributed by atoms with Gasteiger partial charge in [-0.05, 0) is 0 Å². The van der Waals surface area contributed by atoms with Crippen molar-refractivity contribution in [3.63, 3.8) is 0 Å². The number of aliphatic carboxylic acids is 1. The molecule has 1 rings (SSSR count). The first-order valence-electron chi connectivity index (χ1n) is 4.12. The zero-order valence-electron chi connectivity index (χ0n) is 7.75. The summed E-state index contributed by atoms with van der Waals surface area (Å²) >= 11 is 0. The fourth-order valence-electron chi connectivity index (χ4n) is 1.04. The molecule has 0 fully saturated rings. The van der Waals surface area contributed by atoms with Crippen LogP contribution in [0, 0.1) is 0 Å². The minimum absolute atomic E-state index is 0.0136. The van der Waals surface area contributed by atoms with Crippen molar-refractivity contribution in [2.75, 3.05) is 0 Å². The molecule has 0 unspecified atom stereocenters. The predicted molar refractivity (Wildman–Crippen MR) is 51.1 cm³/mol. The van der Waals surface area contributed by atoms with Gasteiger partial charge in [-0.15, -0.1) is 0 Å². The van der Waals surface area contributed by atoms with E-state index in [4.69, 9.17) is 16.1 Å². The Labute approximate surface area is 84.7 Å². The Bertz CT molecular complexity index is 415. The number of hydrogen-bond acceptors (Lipinski definition) is 5. The summed E-state index contributed by atoms with van der Waals surface area (Å²) in [5, 5.41) is 17.8. The summed E-state index contributed by atoms with van der Waals surface area (Å²) in [4.78, 5) is 21.4. The molecule has 1 aromatic heterocycles. The van der Waals surface area contributed by atoms with Gasteiger partial charge in [-0.2, -0.15) is 0 Å². The molecule has 7 heteroatoms. The molecule has 5 N–H and O–H groups in total. The van der Waals surface area contributed by atoms with Gasteiger partial charge >= 0.3 is 5.97 Å². The second kappa shape index (κ2) is 4.58. The lowest BCUT2D eigenvalue weighted by Gasteiger charge is -2.13. The van der Waals surface area contributed by atoms with Gasteiger partial charge in [0.2, 0.25) is 5.43 Å². The lowest BCUT2D eigenvalue weighted by atomic mass is 10.3. The van der Waals surface area contributed by atoms with Crippen LogP contribution in [0.2, 0.25) is 0 Å². The van der Waals surface area contributed by atoms with Crippen LogP contribution in [0.3, 0.4) is 0 Å². The molecule has 1 atom stereocenters. The van der Waals surface area contributed by atoms with Crippen molar-refractivity contribution in [3.8, 4) is 5.75 Å². The van der Waals surface area contributed by atoms with Crippen molar-refractivity contribution in [1.29, 1.82) is 0 Å². The van der Waals surface area contributed by atoms with E-state index in [9.17, 15) is 9.59 Å². The van der Waals surface area contributed by atoms with E-state index in [2.05, 4.69) is 5.43 Å². The number of hydrazine groups is 1. The van der Waals surface area contributed by atoms with Crippen molar-refractivity contribution >= 4 is 5.97 Å². The number of nitrogens with one attached hydrogen (secondary N) is 1. The van der Waals surface area contributed by atoms with Gasteiger partial charge < -0.3 is 14.8 Å². The maximum Gasteiger partial charge on any atom is 0.323 e. The molecule has 0 saturated heterocycles. The van der Waals surface area contributed by atoms with Crippen LogP contribution in [0.1, 0.15) is 0 Å². The molecule has 0 aliphatic heterocycles. The summed E-state index contributed by atoms with van der Waals surface area (Å²) in [5.41, 5.74) is 1.59. The summed E-state index contributed by atoms with van der Waals surface area (Å²) in [7, 11) is 0. The fourth-order valence-corrected chi connectivity index (χ4v) is 1.04. The summed E-state index contributed by atoms with van der Waals surface area (Å²) in [5.74, 6) is 3.47. The summed E-state index contributed by atoms with van der Waals surface area (Å²) < 4.78 is 1.36. The second-order valence-electron chi connectivity index (χ2n) is 2.95. The van der Waals surface area contributed by atoms with Crippen LogP contribution in [-0.2, 0) is 11.3 Å². The van der Waals surface area contributed by atoms with Crippen LogP contribution >= 0.6 is 0 Å². The lowest BCUT2D eigenvalue weighted by molar-refractivity contribution is -0.139. The van der Waals surface area contributed by atoms with Crippen LogP contribution in [0.5, 0.6) is 5.75 Å². The largest absolute Gasteiger partial charge is 0.503 e. The number of hydrogen-bond donors (Lipinski definition) is 4. The number of nitrogens with zero attached hydrogens (tertiary/aromatic N) is 1. The van der Waals surface area contributed by atoms with Gasteiger partial charge in [0, 0.05) is 25.0 Å². The van der Waals surface area contributed by atoms with Crippen molar-refractivity contribution in [1.82, 2.24) is 9.99 Å². The highest BCUT2D eigenvalue weighted by Gasteiger charge is 2.15. The van der Waals surface area contributed by atoms with Crippen LogP contribution in [0.25, 0.3) is 0 Å². The van der Waals surface area contributed by atoms with Crippen molar-refractivity contribution in [2.45, 2.75) is 12.6 Å². The summed E-state index contributed by atoms with van der Waals surface area (Å²) in [6, 6.07) is 0.164. The smallest absolute Gasteiger partial charge is 0.323 e. The van der Waals surface area contributed by atoms with E-state index in [1.54, 1.807) is 0 Å². The number of aromatic hydroxyl groups is 1. The second-order valence-corrected chi connectivity index (χ2v) is 2.95. The molecule has 7 nitrogen and oxygen atoms in total. The molecule has 0 aliphatic carbocycles. The Kier molecular flexibility index (Phi) is 3.42. The van der Waals surface area contributed by atoms with E-state index in [1.165, 1.54) is 10.8 Å². The van der Waals surface area contributed by atoms with Gasteiger partial charge in [-0.3, -0.25) is 15.4 Å². The highest BCUT2D eigenvalue weighted by Crippen LogP contribution is 2.00. The third kappa shape index (κ3) is 2.79. The van der Waals surface area contributed by atoms with Gasteiger partial charge in [0.25, 0.3) is 0 Å². The van der Waals surface area contributed by atoms with E-state index < -0.39 is 23.2 Å². The first-order valence-corrected chi connectivity index (χ1v) is 4.12. The molecule has 1 heterocycles. The van der Waals surface area contributed by atoms with Gasteiger partial charge in [-0.25, -0.2) is 5.43 Å². The first-order chi connectivity index (χ1) is 7.04. The van der Waals surface area contributed by atoms with E-state index in [-0.39, 0.29) is 6.54 Å². The Morgan fingerprint density at radius 2 is 2.33 bits per heavy atom. The van der Waals surface area contributed by atoms with E-state index in [0.717, 1.165) is 12.3 Å². The molecule has 0 radical (unpaired) electrons. The molecule has 0 bridgehead atoms. The monoisotopic (exact) mass is 213 g/mol. The number of rotatable bonds is 4. The Morgan fingerprint density at radius 3 is 2.80 bits per heavy atom. The Balaban J connectivity index is 2.84. The number of nitrogens with two attached hydrogens (primary N) is 1. The zero-order chi connectivity index (χ0) is 11.4. The minimum Gasteiger partial charge on any atom is -0.503 e. The Hall–Kier alpha value is -1.86.